The number of hydrogen-bond acceptors (Lipinski definition) is 6. The van der Waals surface area contributed by atoms with Crippen LogP contribution in [0, 0.1) is 0 Å². The molecule has 0 aliphatic carbocycles. The van der Waals surface area contributed by atoms with Gasteiger partial charge in [0.15, 0.2) is 5.76 Å². The number of piperazine rings is 1. The van der Waals surface area contributed by atoms with Crippen molar-refractivity contribution < 1.29 is 14.6 Å². The maximum Gasteiger partial charge on any atom is 0.227 e. The first kappa shape index (κ1) is 15.8. The lowest BCUT2D eigenvalue weighted by molar-refractivity contribution is 0.123. The molecule has 1 aliphatic heterocycles. The van der Waals surface area contributed by atoms with Crippen molar-refractivity contribution in [3.63, 3.8) is 0 Å². The summed E-state index contributed by atoms with van der Waals surface area (Å²) in [6, 6.07) is 1.11. The summed E-state index contributed by atoms with van der Waals surface area (Å²) >= 11 is 0. The maximum atomic E-state index is 11.6. The largest absolute Gasteiger partial charge is 0.502 e. The molecular formula is C15H22N2O4. The molecule has 1 aliphatic rings. The predicted octanol–water partition coefficient (Wildman–Crippen LogP) is 0.531. The molecule has 0 aromatic carbocycles. The summed E-state index contributed by atoms with van der Waals surface area (Å²) in [6.07, 6.45) is 0. The van der Waals surface area contributed by atoms with Crippen molar-refractivity contribution in [3.05, 3.63) is 40.0 Å². The lowest BCUT2D eigenvalue weighted by Crippen LogP contribution is -2.46. The first-order chi connectivity index (χ1) is 9.99. The van der Waals surface area contributed by atoms with Crippen LogP contribution < -0.4 is 5.43 Å². The van der Waals surface area contributed by atoms with Crippen LogP contribution in [0.15, 0.2) is 27.4 Å². The maximum absolute atomic E-state index is 11.6. The van der Waals surface area contributed by atoms with Gasteiger partial charge >= 0.3 is 0 Å². The smallest absolute Gasteiger partial charge is 0.227 e. The van der Waals surface area contributed by atoms with E-state index < -0.39 is 5.43 Å². The van der Waals surface area contributed by atoms with Gasteiger partial charge in [-0.05, 0) is 6.92 Å². The first-order valence-corrected chi connectivity index (χ1v) is 7.04. The van der Waals surface area contributed by atoms with Gasteiger partial charge in [0, 0.05) is 38.8 Å². The summed E-state index contributed by atoms with van der Waals surface area (Å²) in [7, 11) is 0. The van der Waals surface area contributed by atoms with Gasteiger partial charge in [0.25, 0.3) is 0 Å². The van der Waals surface area contributed by atoms with Crippen LogP contribution >= 0.6 is 0 Å². The fourth-order valence-corrected chi connectivity index (χ4v) is 2.46. The molecule has 116 valence electrons. The molecule has 2 rings (SSSR count). The molecule has 1 saturated heterocycles. The average Bonchev–Trinajstić information content (AvgIpc) is 2.45. The lowest BCUT2D eigenvalue weighted by Gasteiger charge is -2.34. The van der Waals surface area contributed by atoms with Crippen molar-refractivity contribution in [2.24, 2.45) is 0 Å². The highest BCUT2D eigenvalue weighted by Gasteiger charge is 2.20. The van der Waals surface area contributed by atoms with E-state index in [1.807, 2.05) is 6.92 Å². The minimum atomic E-state index is -0.513. The molecule has 1 aromatic rings. The number of hydrogen-bond donors (Lipinski definition) is 2. The Hall–Kier alpha value is -1.63. The van der Waals surface area contributed by atoms with E-state index in [0.717, 1.165) is 44.4 Å². The number of rotatable bonds is 5. The Kier molecular flexibility index (Phi) is 5.17. The molecule has 6 heteroatoms. The molecule has 1 aromatic heterocycles. The highest BCUT2D eigenvalue weighted by Crippen LogP contribution is 2.17. The zero-order valence-electron chi connectivity index (χ0n) is 12.3. The van der Waals surface area contributed by atoms with E-state index in [1.165, 1.54) is 0 Å². The summed E-state index contributed by atoms with van der Waals surface area (Å²) in [5.74, 6) is 0.0326. The highest BCUT2D eigenvalue weighted by molar-refractivity contribution is 5.24. The Labute approximate surface area is 123 Å². The zero-order chi connectivity index (χ0) is 15.4. The molecule has 21 heavy (non-hydrogen) atoms. The predicted molar refractivity (Wildman–Crippen MR) is 79.1 cm³/mol. The summed E-state index contributed by atoms with van der Waals surface area (Å²) in [5.41, 5.74) is 0.629. The van der Waals surface area contributed by atoms with Crippen molar-refractivity contribution in [3.8, 4) is 5.75 Å². The summed E-state index contributed by atoms with van der Waals surface area (Å²) < 4.78 is 5.36. The number of aromatic hydroxyl groups is 1. The number of aliphatic hydroxyl groups excluding tert-OH is 1. The second kappa shape index (κ2) is 6.89. The molecule has 1 fully saturated rings. The fourth-order valence-electron chi connectivity index (χ4n) is 2.46. The normalized spacial score (nSPS) is 17.0. The Morgan fingerprint density at radius 3 is 2.52 bits per heavy atom. The standard InChI is InChI=1S/C15H22N2O4/c1-11(2)8-16-3-5-17(6-4-16)9-14-15(20)13(19)7-12(10-18)21-14/h7,18,20H,1,3-6,8-10H2,2H3. The average molecular weight is 294 g/mol. The van der Waals surface area contributed by atoms with Crippen LogP contribution in [0.4, 0.5) is 0 Å². The number of aliphatic hydroxyl groups is 1. The highest BCUT2D eigenvalue weighted by atomic mass is 16.4. The third kappa shape index (κ3) is 4.17. The van der Waals surface area contributed by atoms with Gasteiger partial charge in [0.1, 0.15) is 12.4 Å². The van der Waals surface area contributed by atoms with E-state index >= 15 is 0 Å². The van der Waals surface area contributed by atoms with Crippen molar-refractivity contribution in [2.45, 2.75) is 20.1 Å². The van der Waals surface area contributed by atoms with Crippen LogP contribution in [0.3, 0.4) is 0 Å². The molecule has 2 N–H and O–H groups in total. The Morgan fingerprint density at radius 2 is 1.95 bits per heavy atom. The minimum absolute atomic E-state index is 0.175. The van der Waals surface area contributed by atoms with Crippen LogP contribution in [-0.4, -0.2) is 52.7 Å². The third-order valence-corrected chi connectivity index (χ3v) is 3.53. The molecule has 2 heterocycles. The van der Waals surface area contributed by atoms with Gasteiger partial charge in [0.2, 0.25) is 11.2 Å². The van der Waals surface area contributed by atoms with Crippen LogP contribution in [-0.2, 0) is 13.2 Å². The lowest BCUT2D eigenvalue weighted by atomic mass is 10.2. The van der Waals surface area contributed by atoms with E-state index in [2.05, 4.69) is 16.4 Å². The molecular weight excluding hydrogens is 272 g/mol. The molecule has 0 atom stereocenters. The van der Waals surface area contributed by atoms with E-state index in [4.69, 9.17) is 9.52 Å². The summed E-state index contributed by atoms with van der Waals surface area (Å²) in [4.78, 5) is 16.0. The molecule has 0 unspecified atom stereocenters. The SMILES string of the molecule is C=C(C)CN1CCN(Cc2oc(CO)cc(=O)c2O)CC1. The summed E-state index contributed by atoms with van der Waals surface area (Å²) in [5, 5.41) is 18.8. The van der Waals surface area contributed by atoms with Gasteiger partial charge in [-0.3, -0.25) is 14.6 Å². The van der Waals surface area contributed by atoms with Crippen LogP contribution in [0.2, 0.25) is 0 Å². The van der Waals surface area contributed by atoms with Crippen molar-refractivity contribution >= 4 is 0 Å². The Morgan fingerprint density at radius 1 is 1.33 bits per heavy atom. The van der Waals surface area contributed by atoms with Gasteiger partial charge in [-0.1, -0.05) is 12.2 Å². The fraction of sp³-hybridized carbons (Fsp3) is 0.533. The quantitative estimate of drug-likeness (QED) is 0.772. The molecule has 6 nitrogen and oxygen atoms in total. The third-order valence-electron chi connectivity index (χ3n) is 3.53. The van der Waals surface area contributed by atoms with Crippen LogP contribution in [0.1, 0.15) is 18.4 Å². The van der Waals surface area contributed by atoms with E-state index in [0.29, 0.717) is 6.54 Å². The molecule has 0 radical (unpaired) electrons. The second-order valence-electron chi connectivity index (χ2n) is 5.52. The monoisotopic (exact) mass is 294 g/mol. The van der Waals surface area contributed by atoms with E-state index in [9.17, 15) is 9.90 Å². The molecule has 0 bridgehead atoms. The van der Waals surface area contributed by atoms with Gasteiger partial charge in [-0.25, -0.2) is 0 Å². The Bertz CT molecular complexity index is 559. The molecule has 0 spiro atoms. The van der Waals surface area contributed by atoms with Gasteiger partial charge in [-0.2, -0.15) is 0 Å². The van der Waals surface area contributed by atoms with Crippen LogP contribution in [0.5, 0.6) is 5.75 Å². The minimum Gasteiger partial charge on any atom is -0.502 e. The van der Waals surface area contributed by atoms with Crippen molar-refractivity contribution in [1.29, 1.82) is 0 Å². The van der Waals surface area contributed by atoms with E-state index in [-0.39, 0.29) is 23.9 Å². The van der Waals surface area contributed by atoms with E-state index in [1.54, 1.807) is 0 Å². The Balaban J connectivity index is 1.99. The van der Waals surface area contributed by atoms with Crippen LogP contribution in [0.25, 0.3) is 0 Å². The van der Waals surface area contributed by atoms with Gasteiger partial charge < -0.3 is 14.6 Å². The zero-order valence-corrected chi connectivity index (χ0v) is 12.3. The topological polar surface area (TPSA) is 77.2 Å². The first-order valence-electron chi connectivity index (χ1n) is 7.04. The summed E-state index contributed by atoms with van der Waals surface area (Å²) in [6.45, 7) is 10.3. The molecule has 0 amide bonds. The van der Waals surface area contributed by atoms with Crippen molar-refractivity contribution in [2.75, 3.05) is 32.7 Å². The second-order valence-corrected chi connectivity index (χ2v) is 5.52. The van der Waals surface area contributed by atoms with Crippen molar-refractivity contribution in [1.82, 2.24) is 9.80 Å². The van der Waals surface area contributed by atoms with Gasteiger partial charge in [-0.15, -0.1) is 0 Å². The number of nitrogens with zero attached hydrogens (tertiary/aromatic N) is 2. The van der Waals surface area contributed by atoms with Gasteiger partial charge in [0.05, 0.1) is 6.54 Å². The molecule has 0 saturated carbocycles.